The Bertz CT molecular complexity index is 867. The van der Waals surface area contributed by atoms with Crippen LogP contribution < -0.4 is 15.7 Å². The van der Waals surface area contributed by atoms with Crippen molar-refractivity contribution in [3.63, 3.8) is 0 Å². The lowest BCUT2D eigenvalue weighted by molar-refractivity contribution is -0.121. The number of aryl methyl sites for hydroxylation is 2. The highest BCUT2D eigenvalue weighted by molar-refractivity contribution is 5.78. The molecule has 7 nitrogen and oxygen atoms in total. The lowest BCUT2D eigenvalue weighted by Gasteiger charge is -2.16. The summed E-state index contributed by atoms with van der Waals surface area (Å²) in [6.45, 7) is 8.13. The summed E-state index contributed by atoms with van der Waals surface area (Å²) in [5.74, 6) is 2.20. The number of carbonyl (C=O) groups excluding carboxylic acids is 1. The Morgan fingerprint density at radius 2 is 2.03 bits per heavy atom. The Hall–Kier alpha value is -2.57. The van der Waals surface area contributed by atoms with E-state index in [-0.39, 0.29) is 17.6 Å². The topological polar surface area (TPSA) is 78.2 Å². The predicted octanol–water partition coefficient (Wildman–Crippen LogP) is 2.55. The van der Waals surface area contributed by atoms with Crippen LogP contribution in [-0.4, -0.2) is 32.9 Å². The van der Waals surface area contributed by atoms with Gasteiger partial charge in [-0.3, -0.25) is 9.36 Å². The fraction of sp³-hybridized carbons (Fsp3) is 0.591. The Morgan fingerprint density at radius 1 is 1.28 bits per heavy atom. The smallest absolute Gasteiger partial charge is 0.345 e. The number of hydrogen-bond acceptors (Lipinski definition) is 4. The first-order valence-corrected chi connectivity index (χ1v) is 10.6. The molecule has 3 rings (SSSR count). The lowest BCUT2D eigenvalue weighted by Crippen LogP contribution is -2.36. The first-order valence-electron chi connectivity index (χ1n) is 10.6. The molecule has 1 aliphatic rings. The highest BCUT2D eigenvalue weighted by atomic mass is 16.5. The quantitative estimate of drug-likeness (QED) is 0.739. The monoisotopic (exact) mass is 400 g/mol. The van der Waals surface area contributed by atoms with Gasteiger partial charge in [0.25, 0.3) is 0 Å². The number of nitrogens with one attached hydrogen (secondary N) is 1. The number of rotatable bonds is 8. The second kappa shape index (κ2) is 9.76. The highest BCUT2D eigenvalue weighted by Gasteiger charge is 2.22. The van der Waals surface area contributed by atoms with E-state index in [1.807, 2.05) is 31.2 Å². The highest BCUT2D eigenvalue weighted by Crippen LogP contribution is 2.15. The third kappa shape index (κ3) is 5.71. The molecule has 2 aromatic rings. The van der Waals surface area contributed by atoms with Crippen LogP contribution in [0.25, 0.3) is 0 Å². The van der Waals surface area contributed by atoms with Gasteiger partial charge in [-0.15, -0.1) is 0 Å². The number of hydrogen-bond donors (Lipinski definition) is 1. The van der Waals surface area contributed by atoms with E-state index in [2.05, 4.69) is 24.3 Å². The number of carbonyl (C=O) groups is 1. The largest absolute Gasteiger partial charge is 0.494 e. The molecule has 1 unspecified atom stereocenters. The van der Waals surface area contributed by atoms with E-state index in [9.17, 15) is 9.59 Å². The number of amides is 1. The average molecular weight is 401 g/mol. The van der Waals surface area contributed by atoms with Gasteiger partial charge in [0.15, 0.2) is 0 Å². The van der Waals surface area contributed by atoms with Crippen LogP contribution in [0.2, 0.25) is 0 Å². The number of ether oxygens (including phenoxy) is 1. The lowest BCUT2D eigenvalue weighted by atomic mass is 10.1. The molecule has 29 heavy (non-hydrogen) atoms. The van der Waals surface area contributed by atoms with E-state index in [0.717, 1.165) is 36.4 Å². The molecule has 1 atom stereocenters. The molecule has 1 amide bonds. The zero-order valence-electron chi connectivity index (χ0n) is 17.7. The molecule has 0 saturated heterocycles. The van der Waals surface area contributed by atoms with Crippen molar-refractivity contribution in [1.82, 2.24) is 19.7 Å². The first kappa shape index (κ1) is 21.1. The van der Waals surface area contributed by atoms with Gasteiger partial charge in [-0.1, -0.05) is 26.0 Å². The van der Waals surface area contributed by atoms with Gasteiger partial charge < -0.3 is 10.1 Å². The summed E-state index contributed by atoms with van der Waals surface area (Å²) >= 11 is 0. The number of aromatic nitrogens is 3. The van der Waals surface area contributed by atoms with Crippen LogP contribution in [0.15, 0.2) is 29.1 Å². The van der Waals surface area contributed by atoms with Gasteiger partial charge in [0.1, 0.15) is 11.6 Å². The molecule has 0 fully saturated rings. The standard InChI is InChI=1S/C22H32N4O3/c1-4-29-19-8-5-17(6-9-19)15-21(27)23-18-7-10-20-24-26(14-11-16(2)3)22(28)25(20)13-12-18/h5-6,8-9,16,18H,4,7,10-15H2,1-3H3,(H,23,27). The minimum atomic E-state index is -0.0259. The van der Waals surface area contributed by atoms with Crippen LogP contribution in [0.4, 0.5) is 0 Å². The van der Waals surface area contributed by atoms with Crippen LogP contribution in [0.1, 0.15) is 51.4 Å². The predicted molar refractivity (Wildman–Crippen MR) is 112 cm³/mol. The molecule has 0 saturated carbocycles. The maximum Gasteiger partial charge on any atom is 0.345 e. The van der Waals surface area contributed by atoms with Crippen molar-refractivity contribution < 1.29 is 9.53 Å². The molecule has 2 heterocycles. The Kier molecular flexibility index (Phi) is 7.12. The average Bonchev–Trinajstić information content (AvgIpc) is 2.85. The van der Waals surface area contributed by atoms with Gasteiger partial charge in [0.2, 0.25) is 5.91 Å². The molecule has 0 radical (unpaired) electrons. The van der Waals surface area contributed by atoms with Gasteiger partial charge >= 0.3 is 5.69 Å². The second-order valence-corrected chi connectivity index (χ2v) is 8.10. The van der Waals surface area contributed by atoms with Crippen molar-refractivity contribution in [3.8, 4) is 5.75 Å². The van der Waals surface area contributed by atoms with Crippen molar-refractivity contribution >= 4 is 5.91 Å². The normalized spacial score (nSPS) is 16.3. The Balaban J connectivity index is 1.53. The van der Waals surface area contributed by atoms with E-state index < -0.39 is 0 Å². The Labute approximate surface area is 172 Å². The maximum atomic E-state index is 12.6. The van der Waals surface area contributed by atoms with Gasteiger partial charge in [-0.2, -0.15) is 5.10 Å². The van der Waals surface area contributed by atoms with Gasteiger partial charge in [-0.25, -0.2) is 9.48 Å². The summed E-state index contributed by atoms with van der Waals surface area (Å²) in [6.07, 6.45) is 3.54. The molecule has 0 aliphatic carbocycles. The second-order valence-electron chi connectivity index (χ2n) is 8.10. The molecular formula is C22H32N4O3. The molecule has 1 aromatic carbocycles. The summed E-state index contributed by atoms with van der Waals surface area (Å²) in [4.78, 5) is 25.0. The maximum absolute atomic E-state index is 12.6. The van der Waals surface area contributed by atoms with E-state index in [1.165, 1.54) is 0 Å². The molecule has 7 heteroatoms. The number of fused-ring (bicyclic) bond motifs is 1. The Morgan fingerprint density at radius 3 is 2.72 bits per heavy atom. The third-order valence-electron chi connectivity index (χ3n) is 5.30. The number of benzene rings is 1. The molecule has 0 bridgehead atoms. The van der Waals surface area contributed by atoms with E-state index in [1.54, 1.807) is 9.25 Å². The minimum absolute atomic E-state index is 0.00745. The fourth-order valence-corrected chi connectivity index (χ4v) is 3.63. The molecule has 158 valence electrons. The molecule has 1 aliphatic heterocycles. The molecule has 0 spiro atoms. The summed E-state index contributed by atoms with van der Waals surface area (Å²) in [7, 11) is 0. The van der Waals surface area contributed by atoms with Crippen molar-refractivity contribution in [1.29, 1.82) is 0 Å². The van der Waals surface area contributed by atoms with Crippen LogP contribution >= 0.6 is 0 Å². The molecular weight excluding hydrogens is 368 g/mol. The zero-order valence-corrected chi connectivity index (χ0v) is 17.7. The summed E-state index contributed by atoms with van der Waals surface area (Å²) in [6, 6.07) is 7.69. The van der Waals surface area contributed by atoms with E-state index in [4.69, 9.17) is 4.74 Å². The SMILES string of the molecule is CCOc1ccc(CC(=O)NC2CCc3nn(CCC(C)C)c(=O)n3CC2)cc1. The molecule has 1 aromatic heterocycles. The van der Waals surface area contributed by atoms with Crippen LogP contribution in [0, 0.1) is 5.92 Å². The van der Waals surface area contributed by atoms with Gasteiger partial charge in [-0.05, 0) is 49.8 Å². The van der Waals surface area contributed by atoms with Crippen molar-refractivity contribution in [2.24, 2.45) is 5.92 Å². The first-order chi connectivity index (χ1) is 14.0. The van der Waals surface area contributed by atoms with Crippen molar-refractivity contribution in [2.45, 2.75) is 72.0 Å². The van der Waals surface area contributed by atoms with Crippen LogP contribution in [0.3, 0.4) is 0 Å². The summed E-state index contributed by atoms with van der Waals surface area (Å²) in [5.41, 5.74) is 0.933. The van der Waals surface area contributed by atoms with Crippen LogP contribution in [-0.2, 0) is 30.7 Å². The summed E-state index contributed by atoms with van der Waals surface area (Å²) in [5, 5.41) is 7.66. The van der Waals surface area contributed by atoms with Crippen LogP contribution in [0.5, 0.6) is 5.75 Å². The zero-order chi connectivity index (χ0) is 20.8. The number of nitrogens with zero attached hydrogens (tertiary/aromatic N) is 3. The third-order valence-corrected chi connectivity index (χ3v) is 5.30. The van der Waals surface area contributed by atoms with Gasteiger partial charge in [0.05, 0.1) is 13.0 Å². The van der Waals surface area contributed by atoms with E-state index >= 15 is 0 Å². The van der Waals surface area contributed by atoms with E-state index in [0.29, 0.717) is 38.5 Å². The minimum Gasteiger partial charge on any atom is -0.494 e. The summed E-state index contributed by atoms with van der Waals surface area (Å²) < 4.78 is 8.81. The molecule has 1 N–H and O–H groups in total. The van der Waals surface area contributed by atoms with Crippen molar-refractivity contribution in [2.75, 3.05) is 6.61 Å². The fourth-order valence-electron chi connectivity index (χ4n) is 3.63. The van der Waals surface area contributed by atoms with Gasteiger partial charge in [0, 0.05) is 25.6 Å². The van der Waals surface area contributed by atoms with Crippen molar-refractivity contribution in [3.05, 3.63) is 46.1 Å².